The first kappa shape index (κ1) is 18.4. The van der Waals surface area contributed by atoms with Crippen molar-refractivity contribution in [2.75, 3.05) is 7.11 Å². The Labute approximate surface area is 150 Å². The second-order valence-electron chi connectivity index (χ2n) is 5.47. The summed E-state index contributed by atoms with van der Waals surface area (Å²) in [6.45, 7) is 1.97. The SMILES string of the molecule is COc1ccc(COc2ccc(CC(C)C(=O)O)cc2Cl)cc1Cl. The number of halogens is 2. The van der Waals surface area contributed by atoms with Crippen LogP contribution >= 0.6 is 23.2 Å². The summed E-state index contributed by atoms with van der Waals surface area (Å²) in [7, 11) is 1.56. The van der Waals surface area contributed by atoms with Crippen LogP contribution in [0.2, 0.25) is 10.0 Å². The van der Waals surface area contributed by atoms with Crippen molar-refractivity contribution in [3.05, 3.63) is 57.6 Å². The van der Waals surface area contributed by atoms with Crippen molar-refractivity contribution in [1.29, 1.82) is 0 Å². The normalized spacial score (nSPS) is 11.8. The van der Waals surface area contributed by atoms with Gasteiger partial charge in [-0.2, -0.15) is 0 Å². The summed E-state index contributed by atoms with van der Waals surface area (Å²) in [5.74, 6) is -0.150. The van der Waals surface area contributed by atoms with Gasteiger partial charge in [-0.05, 0) is 41.8 Å². The third kappa shape index (κ3) is 4.79. The summed E-state index contributed by atoms with van der Waals surface area (Å²) in [6, 6.07) is 10.7. The minimum Gasteiger partial charge on any atom is -0.495 e. The quantitative estimate of drug-likeness (QED) is 0.759. The van der Waals surface area contributed by atoms with Gasteiger partial charge in [-0.15, -0.1) is 0 Å². The summed E-state index contributed by atoms with van der Waals surface area (Å²) in [5.41, 5.74) is 1.75. The molecule has 0 radical (unpaired) electrons. The van der Waals surface area contributed by atoms with E-state index in [-0.39, 0.29) is 0 Å². The van der Waals surface area contributed by atoms with Crippen molar-refractivity contribution in [2.45, 2.75) is 20.0 Å². The molecule has 1 unspecified atom stereocenters. The molecule has 0 bridgehead atoms. The number of carbonyl (C=O) groups is 1. The fourth-order valence-electron chi connectivity index (χ4n) is 2.19. The van der Waals surface area contributed by atoms with Crippen LogP contribution in [0.25, 0.3) is 0 Å². The minimum atomic E-state index is -0.831. The van der Waals surface area contributed by atoms with Gasteiger partial charge in [0.1, 0.15) is 18.1 Å². The van der Waals surface area contributed by atoms with Crippen LogP contribution in [-0.4, -0.2) is 18.2 Å². The average Bonchev–Trinajstić information content (AvgIpc) is 2.54. The molecule has 0 heterocycles. The standard InChI is InChI=1S/C18H18Cl2O4/c1-11(18(21)22)7-12-3-6-17(15(20)8-12)24-10-13-4-5-16(23-2)14(19)9-13/h3-6,8-9,11H,7,10H2,1-2H3,(H,21,22). The lowest BCUT2D eigenvalue weighted by molar-refractivity contribution is -0.141. The first-order valence-electron chi connectivity index (χ1n) is 7.37. The van der Waals surface area contributed by atoms with Gasteiger partial charge in [0, 0.05) is 0 Å². The van der Waals surface area contributed by atoms with Gasteiger partial charge in [-0.1, -0.05) is 42.3 Å². The zero-order valence-electron chi connectivity index (χ0n) is 13.4. The second-order valence-corrected chi connectivity index (χ2v) is 6.28. The van der Waals surface area contributed by atoms with Crippen LogP contribution in [0.1, 0.15) is 18.1 Å². The Morgan fingerprint density at radius 2 is 1.67 bits per heavy atom. The van der Waals surface area contributed by atoms with Gasteiger partial charge >= 0.3 is 5.97 Å². The molecule has 1 N–H and O–H groups in total. The van der Waals surface area contributed by atoms with Gasteiger partial charge in [0.15, 0.2) is 0 Å². The number of aliphatic carboxylic acids is 1. The minimum absolute atomic E-state index is 0.314. The zero-order chi connectivity index (χ0) is 17.7. The first-order valence-corrected chi connectivity index (χ1v) is 8.12. The predicted molar refractivity (Wildman–Crippen MR) is 94.3 cm³/mol. The molecule has 128 valence electrons. The molecule has 0 amide bonds. The van der Waals surface area contributed by atoms with E-state index in [0.29, 0.717) is 34.6 Å². The van der Waals surface area contributed by atoms with E-state index in [1.807, 2.05) is 12.1 Å². The number of methoxy groups -OCH3 is 1. The van der Waals surface area contributed by atoms with Crippen LogP contribution in [0.3, 0.4) is 0 Å². The highest BCUT2D eigenvalue weighted by Gasteiger charge is 2.13. The Hall–Kier alpha value is -1.91. The largest absolute Gasteiger partial charge is 0.495 e. The topological polar surface area (TPSA) is 55.8 Å². The lowest BCUT2D eigenvalue weighted by atomic mass is 10.0. The van der Waals surface area contributed by atoms with E-state index < -0.39 is 11.9 Å². The van der Waals surface area contributed by atoms with Crippen LogP contribution in [0.4, 0.5) is 0 Å². The molecule has 4 nitrogen and oxygen atoms in total. The Bertz CT molecular complexity index is 731. The van der Waals surface area contributed by atoms with Crippen molar-refractivity contribution < 1.29 is 19.4 Å². The lowest BCUT2D eigenvalue weighted by Gasteiger charge is -2.12. The smallest absolute Gasteiger partial charge is 0.306 e. The number of hydrogen-bond donors (Lipinski definition) is 1. The van der Waals surface area contributed by atoms with Crippen molar-refractivity contribution in [3.8, 4) is 11.5 Å². The van der Waals surface area contributed by atoms with E-state index in [9.17, 15) is 4.79 Å². The summed E-state index contributed by atoms with van der Waals surface area (Å²) in [4.78, 5) is 10.9. The summed E-state index contributed by atoms with van der Waals surface area (Å²) < 4.78 is 10.8. The Kier molecular flexibility index (Phi) is 6.35. The summed E-state index contributed by atoms with van der Waals surface area (Å²) in [6.07, 6.45) is 0.420. The molecule has 2 aromatic rings. The molecule has 0 saturated heterocycles. The molecule has 1 atom stereocenters. The third-order valence-electron chi connectivity index (χ3n) is 3.57. The molecule has 0 aromatic heterocycles. The number of hydrogen-bond acceptors (Lipinski definition) is 3. The van der Waals surface area contributed by atoms with Crippen molar-refractivity contribution in [2.24, 2.45) is 5.92 Å². The molecule has 0 aliphatic rings. The molecule has 6 heteroatoms. The maximum Gasteiger partial charge on any atom is 0.306 e. The van der Waals surface area contributed by atoms with E-state index in [1.54, 1.807) is 38.3 Å². The van der Waals surface area contributed by atoms with E-state index in [1.165, 1.54) is 0 Å². The number of rotatable bonds is 7. The highest BCUT2D eigenvalue weighted by molar-refractivity contribution is 6.32. The average molecular weight is 369 g/mol. The van der Waals surface area contributed by atoms with Gasteiger partial charge in [0.2, 0.25) is 0 Å². The number of carboxylic acids is 1. The fourth-order valence-corrected chi connectivity index (χ4v) is 2.73. The summed E-state index contributed by atoms with van der Waals surface area (Å²) in [5, 5.41) is 9.93. The molecule has 0 spiro atoms. The van der Waals surface area contributed by atoms with Crippen LogP contribution in [0.5, 0.6) is 11.5 Å². The van der Waals surface area contributed by atoms with E-state index >= 15 is 0 Å². The van der Waals surface area contributed by atoms with Crippen molar-refractivity contribution >= 4 is 29.2 Å². The fraction of sp³-hybridized carbons (Fsp3) is 0.278. The molecule has 0 aliphatic carbocycles. The highest BCUT2D eigenvalue weighted by Crippen LogP contribution is 2.29. The number of benzene rings is 2. The zero-order valence-corrected chi connectivity index (χ0v) is 14.9. The third-order valence-corrected chi connectivity index (χ3v) is 4.16. The van der Waals surface area contributed by atoms with Crippen LogP contribution in [0, 0.1) is 5.92 Å². The van der Waals surface area contributed by atoms with Crippen molar-refractivity contribution in [3.63, 3.8) is 0 Å². The molecule has 0 fully saturated rings. The maximum absolute atomic E-state index is 10.9. The first-order chi connectivity index (χ1) is 11.4. The van der Waals surface area contributed by atoms with Gasteiger partial charge in [0.05, 0.1) is 23.1 Å². The molecular formula is C18H18Cl2O4. The second kappa shape index (κ2) is 8.27. The van der Waals surface area contributed by atoms with E-state index in [4.69, 9.17) is 37.8 Å². The lowest BCUT2D eigenvalue weighted by Crippen LogP contribution is -2.12. The van der Waals surface area contributed by atoms with Crippen molar-refractivity contribution in [1.82, 2.24) is 0 Å². The Morgan fingerprint density at radius 1 is 1.08 bits per heavy atom. The molecule has 2 rings (SSSR count). The van der Waals surface area contributed by atoms with E-state index in [0.717, 1.165) is 11.1 Å². The molecule has 0 saturated carbocycles. The summed E-state index contributed by atoms with van der Waals surface area (Å²) >= 11 is 12.3. The van der Waals surface area contributed by atoms with Crippen LogP contribution in [-0.2, 0) is 17.8 Å². The molecular weight excluding hydrogens is 351 g/mol. The van der Waals surface area contributed by atoms with Gasteiger partial charge in [-0.25, -0.2) is 0 Å². The monoisotopic (exact) mass is 368 g/mol. The molecule has 0 aliphatic heterocycles. The van der Waals surface area contributed by atoms with Crippen LogP contribution < -0.4 is 9.47 Å². The molecule has 24 heavy (non-hydrogen) atoms. The Balaban J connectivity index is 2.03. The Morgan fingerprint density at radius 3 is 2.25 bits per heavy atom. The maximum atomic E-state index is 10.9. The van der Waals surface area contributed by atoms with Crippen LogP contribution in [0.15, 0.2) is 36.4 Å². The highest BCUT2D eigenvalue weighted by atomic mass is 35.5. The van der Waals surface area contributed by atoms with E-state index in [2.05, 4.69) is 0 Å². The van der Waals surface area contributed by atoms with Gasteiger partial charge in [-0.3, -0.25) is 4.79 Å². The number of carboxylic acid groups (broad SMARTS) is 1. The molecule has 2 aromatic carbocycles. The number of ether oxygens (including phenoxy) is 2. The predicted octanol–water partition coefficient (Wildman–Crippen LogP) is 4.84. The van der Waals surface area contributed by atoms with Gasteiger partial charge in [0.25, 0.3) is 0 Å². The van der Waals surface area contributed by atoms with Gasteiger partial charge < -0.3 is 14.6 Å².